The number of nitrogens with zero attached hydrogens (tertiary/aromatic N) is 2. The molecule has 1 atom stereocenters. The van der Waals surface area contributed by atoms with E-state index in [1.165, 1.54) is 18.2 Å². The zero-order chi connectivity index (χ0) is 15.5. The van der Waals surface area contributed by atoms with Gasteiger partial charge in [-0.3, -0.25) is 9.78 Å². The molecule has 0 spiro atoms. The Hall–Kier alpha value is -2.21. The van der Waals surface area contributed by atoms with E-state index in [1.54, 1.807) is 12.1 Å². The molecule has 6 heteroatoms. The summed E-state index contributed by atoms with van der Waals surface area (Å²) in [5.41, 5.74) is 7.45. The zero-order valence-corrected chi connectivity index (χ0v) is 12.3. The van der Waals surface area contributed by atoms with Gasteiger partial charge in [0.15, 0.2) is 0 Å². The molecule has 3 rings (SSSR count). The van der Waals surface area contributed by atoms with Crippen LogP contribution in [0.5, 0.6) is 0 Å². The van der Waals surface area contributed by atoms with Crippen LogP contribution in [0.15, 0.2) is 35.1 Å². The number of hydrogen-bond donors (Lipinski definition) is 2. The second-order valence-electron chi connectivity index (χ2n) is 5.62. The first kappa shape index (κ1) is 14.7. The summed E-state index contributed by atoms with van der Waals surface area (Å²) in [5, 5.41) is 0. The summed E-state index contributed by atoms with van der Waals surface area (Å²) in [5.74, 6) is 0.327. The van der Waals surface area contributed by atoms with Gasteiger partial charge < -0.3 is 10.6 Å². The van der Waals surface area contributed by atoms with Crippen molar-refractivity contribution in [3.8, 4) is 0 Å². The lowest BCUT2D eigenvalue weighted by molar-refractivity contribution is 0.624. The predicted octanol–water partition coefficient (Wildman–Crippen LogP) is 1.75. The average molecular weight is 302 g/mol. The van der Waals surface area contributed by atoms with Crippen molar-refractivity contribution in [1.82, 2.24) is 9.97 Å². The summed E-state index contributed by atoms with van der Waals surface area (Å²) in [7, 11) is 0. The van der Waals surface area contributed by atoms with Crippen LogP contribution in [0, 0.1) is 5.82 Å². The molecule has 5 nitrogen and oxygen atoms in total. The van der Waals surface area contributed by atoms with Crippen molar-refractivity contribution in [1.29, 1.82) is 0 Å². The minimum atomic E-state index is -0.318. The number of aromatic amines is 1. The highest BCUT2D eigenvalue weighted by atomic mass is 19.1. The summed E-state index contributed by atoms with van der Waals surface area (Å²) >= 11 is 0. The lowest BCUT2D eigenvalue weighted by atomic mass is 10.0. The molecule has 22 heavy (non-hydrogen) atoms. The van der Waals surface area contributed by atoms with Crippen LogP contribution in [-0.2, 0) is 6.42 Å². The quantitative estimate of drug-likeness (QED) is 0.902. The van der Waals surface area contributed by atoms with Crippen LogP contribution in [0.25, 0.3) is 0 Å². The molecule has 0 saturated carbocycles. The van der Waals surface area contributed by atoms with Crippen molar-refractivity contribution in [2.45, 2.75) is 25.3 Å². The van der Waals surface area contributed by atoms with Crippen LogP contribution in [0.2, 0.25) is 0 Å². The number of benzene rings is 1. The van der Waals surface area contributed by atoms with Gasteiger partial charge in [0.05, 0.1) is 5.69 Å². The van der Waals surface area contributed by atoms with Crippen molar-refractivity contribution in [3.05, 3.63) is 57.8 Å². The lowest BCUT2D eigenvalue weighted by Gasteiger charge is -2.17. The first-order chi connectivity index (χ1) is 10.6. The van der Waals surface area contributed by atoms with E-state index in [2.05, 4.69) is 14.9 Å². The number of anilines is 1. The van der Waals surface area contributed by atoms with Gasteiger partial charge >= 0.3 is 0 Å². The molecule has 1 aromatic heterocycles. The fraction of sp³-hybridized carbons (Fsp3) is 0.375. The van der Waals surface area contributed by atoms with Crippen LogP contribution in [0.4, 0.5) is 10.3 Å². The molecule has 3 N–H and O–H groups in total. The lowest BCUT2D eigenvalue weighted by Crippen LogP contribution is -2.25. The van der Waals surface area contributed by atoms with Crippen LogP contribution >= 0.6 is 0 Å². The minimum Gasteiger partial charge on any atom is -0.342 e. The summed E-state index contributed by atoms with van der Waals surface area (Å²) < 4.78 is 13.0. The van der Waals surface area contributed by atoms with Crippen LogP contribution < -0.4 is 16.2 Å². The number of H-pyrrole nitrogens is 1. The first-order valence-corrected chi connectivity index (χ1v) is 7.48. The number of hydrogen-bond acceptors (Lipinski definition) is 4. The van der Waals surface area contributed by atoms with Crippen LogP contribution in [0.1, 0.15) is 30.1 Å². The maximum absolute atomic E-state index is 13.0. The van der Waals surface area contributed by atoms with Crippen molar-refractivity contribution >= 4 is 5.95 Å². The van der Waals surface area contributed by atoms with E-state index in [1.807, 2.05) is 0 Å². The minimum absolute atomic E-state index is 0.168. The van der Waals surface area contributed by atoms with Gasteiger partial charge in [-0.25, -0.2) is 9.37 Å². The summed E-state index contributed by atoms with van der Waals surface area (Å²) in [6, 6.07) is 7.25. The second-order valence-corrected chi connectivity index (χ2v) is 5.62. The standard InChI is InChI=1S/C16H19FN4O/c17-12-5-3-11(4-6-12)14(18)9-13-10-15(22)20-16(19-13)21-7-1-2-8-21/h3-6,10,14H,1-2,7-9,18H2,(H,19,20,22)/t14-/m0/s1. The summed E-state index contributed by atoms with van der Waals surface area (Å²) in [4.78, 5) is 21.2. The van der Waals surface area contributed by atoms with Crippen LogP contribution in [-0.4, -0.2) is 23.1 Å². The highest BCUT2D eigenvalue weighted by Gasteiger charge is 2.16. The van der Waals surface area contributed by atoms with Crippen molar-refractivity contribution in [2.24, 2.45) is 5.73 Å². The van der Waals surface area contributed by atoms with Crippen LogP contribution in [0.3, 0.4) is 0 Å². The Morgan fingerprint density at radius 3 is 2.64 bits per heavy atom. The topological polar surface area (TPSA) is 75.0 Å². The number of nitrogens with two attached hydrogens (primary N) is 1. The summed E-state index contributed by atoms with van der Waals surface area (Å²) in [6.45, 7) is 1.83. The SMILES string of the molecule is N[C@@H](Cc1cc(=O)[nH]c(N2CCCC2)n1)c1ccc(F)cc1. The molecule has 1 saturated heterocycles. The molecule has 1 aliphatic heterocycles. The van der Waals surface area contributed by atoms with Gasteiger partial charge in [0.25, 0.3) is 5.56 Å². The second kappa shape index (κ2) is 6.27. The number of nitrogens with one attached hydrogen (secondary N) is 1. The molecule has 0 unspecified atom stereocenters. The molecule has 0 aliphatic carbocycles. The maximum Gasteiger partial charge on any atom is 0.252 e. The molecular formula is C16H19FN4O. The number of rotatable bonds is 4. The number of halogens is 1. The normalized spacial score (nSPS) is 16.0. The van der Waals surface area contributed by atoms with Gasteiger partial charge in [0, 0.05) is 31.6 Å². The van der Waals surface area contributed by atoms with E-state index < -0.39 is 0 Å². The third-order valence-electron chi connectivity index (χ3n) is 3.92. The molecule has 2 heterocycles. The molecule has 0 bridgehead atoms. The van der Waals surface area contributed by atoms with Crippen molar-refractivity contribution < 1.29 is 4.39 Å². The molecular weight excluding hydrogens is 283 g/mol. The average Bonchev–Trinajstić information content (AvgIpc) is 3.01. The Kier molecular flexibility index (Phi) is 4.20. The monoisotopic (exact) mass is 302 g/mol. The van der Waals surface area contributed by atoms with Crippen molar-refractivity contribution in [3.63, 3.8) is 0 Å². The highest BCUT2D eigenvalue weighted by Crippen LogP contribution is 2.18. The van der Waals surface area contributed by atoms with Crippen molar-refractivity contribution in [2.75, 3.05) is 18.0 Å². The smallest absolute Gasteiger partial charge is 0.252 e. The molecule has 1 aliphatic rings. The molecule has 2 aromatic rings. The van der Waals surface area contributed by atoms with Gasteiger partial charge in [-0.15, -0.1) is 0 Å². The molecule has 1 aromatic carbocycles. The maximum atomic E-state index is 13.0. The molecule has 0 amide bonds. The third kappa shape index (κ3) is 3.33. The fourth-order valence-corrected chi connectivity index (χ4v) is 2.73. The number of aromatic nitrogens is 2. The van der Waals surface area contributed by atoms with E-state index in [9.17, 15) is 9.18 Å². The Labute approximate surface area is 128 Å². The molecule has 0 radical (unpaired) electrons. The summed E-state index contributed by atoms with van der Waals surface area (Å²) in [6.07, 6.45) is 2.67. The van der Waals surface area contributed by atoms with E-state index in [-0.39, 0.29) is 17.4 Å². The first-order valence-electron chi connectivity index (χ1n) is 7.48. The van der Waals surface area contributed by atoms with E-state index in [4.69, 9.17) is 5.73 Å². The van der Waals surface area contributed by atoms with Gasteiger partial charge in [-0.2, -0.15) is 0 Å². The largest absolute Gasteiger partial charge is 0.342 e. The molecule has 1 fully saturated rings. The van der Waals surface area contributed by atoms with E-state index >= 15 is 0 Å². The van der Waals surface area contributed by atoms with Gasteiger partial charge in [-0.05, 0) is 30.5 Å². The van der Waals surface area contributed by atoms with E-state index in [0.29, 0.717) is 18.1 Å². The molecule has 116 valence electrons. The Morgan fingerprint density at radius 2 is 1.95 bits per heavy atom. The predicted molar refractivity (Wildman–Crippen MR) is 83.3 cm³/mol. The highest BCUT2D eigenvalue weighted by molar-refractivity contribution is 5.32. The fourth-order valence-electron chi connectivity index (χ4n) is 2.73. The zero-order valence-electron chi connectivity index (χ0n) is 12.3. The van der Waals surface area contributed by atoms with Gasteiger partial charge in [0.2, 0.25) is 5.95 Å². The Balaban J connectivity index is 1.79. The third-order valence-corrected chi connectivity index (χ3v) is 3.92. The van der Waals surface area contributed by atoms with Gasteiger partial charge in [-0.1, -0.05) is 12.1 Å². The Bertz CT molecular complexity index is 692. The van der Waals surface area contributed by atoms with E-state index in [0.717, 1.165) is 31.5 Å². The Morgan fingerprint density at radius 1 is 1.27 bits per heavy atom. The van der Waals surface area contributed by atoms with Gasteiger partial charge in [0.1, 0.15) is 5.82 Å².